The van der Waals surface area contributed by atoms with Gasteiger partial charge >= 0.3 is 6.18 Å². The summed E-state index contributed by atoms with van der Waals surface area (Å²) in [5.41, 5.74) is -0.766. The van der Waals surface area contributed by atoms with Crippen molar-refractivity contribution in [2.75, 3.05) is 6.61 Å². The van der Waals surface area contributed by atoms with Crippen LogP contribution in [0.5, 0.6) is 0 Å². The van der Waals surface area contributed by atoms with Crippen LogP contribution in [0.25, 0.3) is 0 Å². The van der Waals surface area contributed by atoms with Gasteiger partial charge in [-0.15, -0.1) is 0 Å². The molecule has 2 heterocycles. The van der Waals surface area contributed by atoms with Crippen molar-refractivity contribution in [2.45, 2.75) is 51.6 Å². The first-order valence-electron chi connectivity index (χ1n) is 6.91. The van der Waals surface area contributed by atoms with E-state index in [9.17, 15) is 18.0 Å². The molecule has 0 spiro atoms. The van der Waals surface area contributed by atoms with E-state index in [1.54, 1.807) is 0 Å². The van der Waals surface area contributed by atoms with Crippen molar-refractivity contribution in [1.29, 1.82) is 0 Å². The van der Waals surface area contributed by atoms with E-state index in [0.29, 0.717) is 6.61 Å². The Bertz CT molecular complexity index is 553. The van der Waals surface area contributed by atoms with Crippen LogP contribution in [-0.2, 0) is 22.3 Å². The van der Waals surface area contributed by atoms with Gasteiger partial charge in [0.2, 0.25) is 5.91 Å². The van der Waals surface area contributed by atoms with Crippen LogP contribution in [0, 0.1) is 6.92 Å². The number of halogens is 4. The average Bonchev–Trinajstić information content (AvgIpc) is 3.02. The normalized spacial score (nSPS) is 20.2. The van der Waals surface area contributed by atoms with Crippen molar-refractivity contribution >= 4 is 21.8 Å². The summed E-state index contributed by atoms with van der Waals surface area (Å²) in [5.74, 6) is -0.394. The largest absolute Gasteiger partial charge is 0.436 e. The van der Waals surface area contributed by atoms with E-state index in [2.05, 4.69) is 26.3 Å². The lowest BCUT2D eigenvalue weighted by Crippen LogP contribution is -2.42. The van der Waals surface area contributed by atoms with Crippen LogP contribution in [-0.4, -0.2) is 34.4 Å². The predicted octanol–water partition coefficient (Wildman–Crippen LogP) is 2.66. The summed E-state index contributed by atoms with van der Waals surface area (Å²) in [5, 5.41) is 6.22. The van der Waals surface area contributed by atoms with Gasteiger partial charge in [-0.2, -0.15) is 18.3 Å². The third-order valence-corrected chi connectivity index (χ3v) is 4.56. The zero-order valence-electron chi connectivity index (χ0n) is 12.2. The van der Waals surface area contributed by atoms with Gasteiger partial charge in [0.05, 0.1) is 22.3 Å². The number of amides is 1. The van der Waals surface area contributed by atoms with Gasteiger partial charge in [-0.1, -0.05) is 0 Å². The summed E-state index contributed by atoms with van der Waals surface area (Å²) in [7, 11) is 0. The van der Waals surface area contributed by atoms with Crippen molar-refractivity contribution in [1.82, 2.24) is 15.1 Å². The standard InChI is InChI=1S/C13H17BrF3N3O2/c1-7(9-4-3-5-22-9)18-10(21)6-20-8(2)11(14)12(19-20)13(15,16)17/h7,9H,3-6H2,1-2H3,(H,18,21). The molecule has 1 aliphatic rings. The lowest BCUT2D eigenvalue weighted by atomic mass is 10.1. The first-order valence-corrected chi connectivity index (χ1v) is 7.70. The third-order valence-electron chi connectivity index (χ3n) is 3.61. The Morgan fingerprint density at radius 1 is 1.59 bits per heavy atom. The summed E-state index contributed by atoms with van der Waals surface area (Å²) < 4.78 is 44.7. The van der Waals surface area contributed by atoms with Gasteiger partial charge < -0.3 is 10.1 Å². The molecule has 0 aromatic carbocycles. The quantitative estimate of drug-likeness (QED) is 0.869. The highest BCUT2D eigenvalue weighted by Gasteiger charge is 2.38. The minimum atomic E-state index is -4.56. The number of nitrogens with zero attached hydrogens (tertiary/aromatic N) is 2. The van der Waals surface area contributed by atoms with Crippen LogP contribution in [0.15, 0.2) is 4.47 Å². The molecule has 1 saturated heterocycles. The minimum absolute atomic E-state index is 0.0415. The van der Waals surface area contributed by atoms with Crippen LogP contribution in [0.1, 0.15) is 31.2 Å². The molecule has 124 valence electrons. The van der Waals surface area contributed by atoms with E-state index in [-0.39, 0.29) is 28.9 Å². The van der Waals surface area contributed by atoms with Crippen LogP contribution in [0.3, 0.4) is 0 Å². The van der Waals surface area contributed by atoms with Gasteiger partial charge in [-0.05, 0) is 42.6 Å². The molecule has 22 heavy (non-hydrogen) atoms. The second-order valence-corrected chi connectivity index (χ2v) is 6.10. The highest BCUT2D eigenvalue weighted by atomic mass is 79.9. The summed E-state index contributed by atoms with van der Waals surface area (Å²) in [4.78, 5) is 12.0. The van der Waals surface area contributed by atoms with E-state index in [1.807, 2.05) is 6.92 Å². The molecular weight excluding hydrogens is 367 g/mol. The Hall–Kier alpha value is -1.09. The molecule has 0 aliphatic carbocycles. The predicted molar refractivity (Wildman–Crippen MR) is 76.2 cm³/mol. The Kier molecular flexibility index (Phi) is 5.16. The maximum atomic E-state index is 12.8. The molecule has 2 unspecified atom stereocenters. The molecule has 5 nitrogen and oxygen atoms in total. The van der Waals surface area contributed by atoms with Gasteiger partial charge in [-0.25, -0.2) is 0 Å². The molecule has 0 saturated carbocycles. The Morgan fingerprint density at radius 3 is 2.77 bits per heavy atom. The maximum Gasteiger partial charge on any atom is 0.436 e. The molecule has 2 rings (SSSR count). The summed E-state index contributed by atoms with van der Waals surface area (Å²) >= 11 is 2.88. The van der Waals surface area contributed by atoms with Crippen LogP contribution in [0.2, 0.25) is 0 Å². The molecule has 0 radical (unpaired) electrons. The number of rotatable bonds is 4. The highest BCUT2D eigenvalue weighted by molar-refractivity contribution is 9.10. The molecule has 0 bridgehead atoms. The van der Waals surface area contributed by atoms with Crippen molar-refractivity contribution in [3.63, 3.8) is 0 Å². The Labute approximate surface area is 134 Å². The molecule has 2 atom stereocenters. The number of carbonyl (C=O) groups excluding carboxylic acids is 1. The smallest absolute Gasteiger partial charge is 0.376 e. The SMILES string of the molecule is Cc1c(Br)c(C(F)(F)F)nn1CC(=O)NC(C)C1CCCO1. The Morgan fingerprint density at radius 2 is 2.27 bits per heavy atom. The lowest BCUT2D eigenvalue weighted by Gasteiger charge is -2.20. The number of aromatic nitrogens is 2. The molecule has 1 aliphatic heterocycles. The number of hydrogen-bond acceptors (Lipinski definition) is 3. The minimum Gasteiger partial charge on any atom is -0.376 e. The monoisotopic (exact) mass is 383 g/mol. The van der Waals surface area contributed by atoms with Gasteiger partial charge in [0.25, 0.3) is 0 Å². The lowest BCUT2D eigenvalue weighted by molar-refractivity contribution is -0.142. The summed E-state index contributed by atoms with van der Waals surface area (Å²) in [6.07, 6.45) is -2.78. The zero-order chi connectivity index (χ0) is 16.5. The molecule has 1 aromatic rings. The van der Waals surface area contributed by atoms with Gasteiger partial charge in [0, 0.05) is 6.61 Å². The van der Waals surface area contributed by atoms with Gasteiger partial charge in [0.15, 0.2) is 5.69 Å². The fourth-order valence-electron chi connectivity index (χ4n) is 2.38. The third kappa shape index (κ3) is 3.81. The maximum absolute atomic E-state index is 12.8. The molecule has 1 aromatic heterocycles. The summed E-state index contributed by atoms with van der Waals surface area (Å²) in [6.45, 7) is 3.70. The average molecular weight is 384 g/mol. The number of hydrogen-bond donors (Lipinski definition) is 1. The van der Waals surface area contributed by atoms with E-state index in [0.717, 1.165) is 17.5 Å². The molecule has 1 N–H and O–H groups in total. The number of ether oxygens (including phenoxy) is 1. The van der Waals surface area contributed by atoms with Crippen LogP contribution in [0.4, 0.5) is 13.2 Å². The molecule has 9 heteroatoms. The van der Waals surface area contributed by atoms with Crippen molar-refractivity contribution in [2.24, 2.45) is 0 Å². The van der Waals surface area contributed by atoms with Crippen molar-refractivity contribution < 1.29 is 22.7 Å². The van der Waals surface area contributed by atoms with E-state index in [4.69, 9.17) is 4.74 Å². The van der Waals surface area contributed by atoms with Crippen molar-refractivity contribution in [3.05, 3.63) is 15.9 Å². The van der Waals surface area contributed by atoms with E-state index >= 15 is 0 Å². The second-order valence-electron chi connectivity index (χ2n) is 5.31. The van der Waals surface area contributed by atoms with Crippen LogP contribution >= 0.6 is 15.9 Å². The fourth-order valence-corrected chi connectivity index (χ4v) is 2.89. The fraction of sp³-hybridized carbons (Fsp3) is 0.692. The highest BCUT2D eigenvalue weighted by Crippen LogP contribution is 2.35. The van der Waals surface area contributed by atoms with E-state index in [1.165, 1.54) is 6.92 Å². The van der Waals surface area contributed by atoms with Gasteiger partial charge in [0.1, 0.15) is 6.54 Å². The first kappa shape index (κ1) is 17.3. The molecule has 1 amide bonds. The first-order chi connectivity index (χ1) is 10.2. The number of alkyl halides is 3. The zero-order valence-corrected chi connectivity index (χ0v) is 13.8. The topological polar surface area (TPSA) is 56.2 Å². The van der Waals surface area contributed by atoms with Gasteiger partial charge in [-0.3, -0.25) is 9.48 Å². The summed E-state index contributed by atoms with van der Waals surface area (Å²) in [6, 6.07) is -0.184. The number of carbonyl (C=O) groups is 1. The number of nitrogens with one attached hydrogen (secondary N) is 1. The Balaban J connectivity index is 2.02. The second kappa shape index (κ2) is 6.57. The molecule has 1 fully saturated rings. The molecular formula is C13H17BrF3N3O2. The van der Waals surface area contributed by atoms with Crippen LogP contribution < -0.4 is 5.32 Å². The van der Waals surface area contributed by atoms with E-state index < -0.39 is 17.8 Å². The van der Waals surface area contributed by atoms with Crippen molar-refractivity contribution in [3.8, 4) is 0 Å².